The van der Waals surface area contributed by atoms with Crippen molar-refractivity contribution >= 4 is 11.9 Å². The molecule has 2 unspecified atom stereocenters. The van der Waals surface area contributed by atoms with Crippen LogP contribution in [-0.4, -0.2) is 34.1 Å². The molecule has 2 aromatic heterocycles. The Morgan fingerprint density at radius 1 is 0.722 bits per heavy atom. The van der Waals surface area contributed by atoms with E-state index < -0.39 is 0 Å². The second-order valence-corrected chi connectivity index (χ2v) is 10.3. The standard InChI is InChI=1S/C28H38N2O6/c1-17-7-19(3)25(11-23-13-29-15-33-23)35-28(32)22(6)10-18(2)8-20(4)26(12-24-14-30-16-34-24)36-27(31)21(5)9-17/h9-10,13-20,25-26H,7-8,11-12H2,1-6H3/b21-9+,22-10+/t17-,18-,19+,20+,25?,26?/m1/s1. The molecule has 1 aliphatic rings. The van der Waals surface area contributed by atoms with Crippen molar-refractivity contribution in [1.82, 2.24) is 9.97 Å². The zero-order valence-corrected chi connectivity index (χ0v) is 22.1. The fraction of sp³-hybridized carbons (Fsp3) is 0.571. The monoisotopic (exact) mass is 498 g/mol. The predicted octanol–water partition coefficient (Wildman–Crippen LogP) is 5.50. The molecular formula is C28H38N2O6. The van der Waals surface area contributed by atoms with Crippen LogP contribution in [0.5, 0.6) is 0 Å². The quantitative estimate of drug-likeness (QED) is 0.509. The van der Waals surface area contributed by atoms with Crippen molar-refractivity contribution in [2.75, 3.05) is 0 Å². The third-order valence-corrected chi connectivity index (χ3v) is 6.76. The van der Waals surface area contributed by atoms with Gasteiger partial charge in [-0.05, 0) is 50.4 Å². The molecule has 0 amide bonds. The Hall–Kier alpha value is -3.16. The number of nitrogens with zero attached hydrogens (tertiary/aromatic N) is 2. The molecule has 3 rings (SSSR count). The third kappa shape index (κ3) is 7.93. The van der Waals surface area contributed by atoms with Crippen molar-refractivity contribution in [3.05, 3.63) is 60.0 Å². The van der Waals surface area contributed by atoms with Crippen molar-refractivity contribution in [2.45, 2.75) is 79.4 Å². The van der Waals surface area contributed by atoms with Gasteiger partial charge in [0.25, 0.3) is 0 Å². The van der Waals surface area contributed by atoms with Gasteiger partial charge >= 0.3 is 11.9 Å². The summed E-state index contributed by atoms with van der Waals surface area (Å²) in [7, 11) is 0. The number of ether oxygens (including phenoxy) is 2. The highest BCUT2D eigenvalue weighted by Gasteiger charge is 2.28. The van der Waals surface area contributed by atoms with Crippen LogP contribution >= 0.6 is 0 Å². The lowest BCUT2D eigenvalue weighted by molar-refractivity contribution is -0.147. The highest BCUT2D eigenvalue weighted by Crippen LogP contribution is 2.27. The molecular weight excluding hydrogens is 460 g/mol. The number of carbonyl (C=O) groups is 2. The van der Waals surface area contributed by atoms with Gasteiger partial charge < -0.3 is 18.3 Å². The first-order valence-electron chi connectivity index (χ1n) is 12.7. The lowest BCUT2D eigenvalue weighted by atomic mass is 9.88. The van der Waals surface area contributed by atoms with Crippen LogP contribution in [0.4, 0.5) is 0 Å². The van der Waals surface area contributed by atoms with Gasteiger partial charge in [0, 0.05) is 24.0 Å². The van der Waals surface area contributed by atoms with E-state index in [0.717, 1.165) is 0 Å². The molecule has 196 valence electrons. The van der Waals surface area contributed by atoms with Gasteiger partial charge in [0.15, 0.2) is 12.8 Å². The Balaban J connectivity index is 1.87. The van der Waals surface area contributed by atoms with Gasteiger partial charge in [0.05, 0.1) is 12.4 Å². The molecule has 0 saturated heterocycles. The maximum Gasteiger partial charge on any atom is 0.333 e. The van der Waals surface area contributed by atoms with Gasteiger partial charge in [-0.2, -0.15) is 0 Å². The fourth-order valence-corrected chi connectivity index (χ4v) is 4.86. The number of carbonyl (C=O) groups excluding carboxylic acids is 2. The molecule has 0 fully saturated rings. The SMILES string of the molecule is C/C1=C\[C@H](C)C[C@H](C)C(Cc2cnco2)OC(=O)/C(C)=C/[C@H](C)C[C@H](C)C(Cc2cnco2)OC1=O. The third-order valence-electron chi connectivity index (χ3n) is 6.76. The van der Waals surface area contributed by atoms with Gasteiger partial charge in [-0.25, -0.2) is 19.6 Å². The molecule has 2 aromatic rings. The first kappa shape index (κ1) is 27.4. The van der Waals surface area contributed by atoms with Crippen molar-refractivity contribution in [3.63, 3.8) is 0 Å². The summed E-state index contributed by atoms with van der Waals surface area (Å²) in [6, 6.07) is 0. The number of hydrogen-bond acceptors (Lipinski definition) is 8. The Morgan fingerprint density at radius 3 is 1.44 bits per heavy atom. The molecule has 36 heavy (non-hydrogen) atoms. The Labute approximate surface area is 213 Å². The highest BCUT2D eigenvalue weighted by atomic mass is 16.5. The highest BCUT2D eigenvalue weighted by molar-refractivity contribution is 5.88. The van der Waals surface area contributed by atoms with Gasteiger partial charge in [-0.1, -0.05) is 39.8 Å². The molecule has 1 aliphatic heterocycles. The Morgan fingerprint density at radius 2 is 1.11 bits per heavy atom. The number of aromatic nitrogens is 2. The maximum atomic E-state index is 13.0. The summed E-state index contributed by atoms with van der Waals surface area (Å²) in [4.78, 5) is 34.0. The van der Waals surface area contributed by atoms with Crippen LogP contribution < -0.4 is 0 Å². The van der Waals surface area contributed by atoms with Crippen LogP contribution in [0.15, 0.2) is 57.3 Å². The number of esters is 2. The summed E-state index contributed by atoms with van der Waals surface area (Å²) in [6.07, 6.45) is 11.4. The van der Waals surface area contributed by atoms with Crippen molar-refractivity contribution in [2.24, 2.45) is 23.7 Å². The number of allylic oxidation sites excluding steroid dienone is 2. The largest absolute Gasteiger partial charge is 0.458 e. The summed E-state index contributed by atoms with van der Waals surface area (Å²) in [5, 5.41) is 0. The van der Waals surface area contributed by atoms with Gasteiger partial charge in [0.2, 0.25) is 0 Å². The number of hydrogen-bond donors (Lipinski definition) is 0. The van der Waals surface area contributed by atoms with Crippen LogP contribution in [0.2, 0.25) is 0 Å². The number of cyclic esters (lactones) is 2. The van der Waals surface area contributed by atoms with Gasteiger partial charge in [-0.3, -0.25) is 0 Å². The number of oxazole rings is 2. The molecule has 8 heteroatoms. The minimum atomic E-state index is -0.384. The molecule has 0 bridgehead atoms. The predicted molar refractivity (Wildman–Crippen MR) is 134 cm³/mol. The van der Waals surface area contributed by atoms with Crippen molar-refractivity contribution in [1.29, 1.82) is 0 Å². The fourth-order valence-electron chi connectivity index (χ4n) is 4.86. The topological polar surface area (TPSA) is 105 Å². The van der Waals surface area contributed by atoms with Crippen LogP contribution in [0.25, 0.3) is 0 Å². The lowest BCUT2D eigenvalue weighted by Gasteiger charge is -2.27. The Kier molecular flexibility index (Phi) is 9.67. The van der Waals surface area contributed by atoms with E-state index in [4.69, 9.17) is 18.3 Å². The van der Waals surface area contributed by atoms with Crippen LogP contribution in [0.1, 0.15) is 65.9 Å². The van der Waals surface area contributed by atoms with Crippen LogP contribution in [-0.2, 0) is 31.9 Å². The van der Waals surface area contributed by atoms with Crippen molar-refractivity contribution in [3.8, 4) is 0 Å². The Bertz CT molecular complexity index is 956. The average molecular weight is 499 g/mol. The minimum absolute atomic E-state index is 0.0199. The zero-order chi connectivity index (χ0) is 26.2. The smallest absolute Gasteiger partial charge is 0.333 e. The van der Waals surface area contributed by atoms with Gasteiger partial charge in [0.1, 0.15) is 23.7 Å². The molecule has 0 radical (unpaired) electrons. The van der Waals surface area contributed by atoms with Crippen LogP contribution in [0.3, 0.4) is 0 Å². The first-order valence-corrected chi connectivity index (χ1v) is 12.7. The second-order valence-electron chi connectivity index (χ2n) is 10.3. The van der Waals surface area contributed by atoms with E-state index in [1.54, 1.807) is 26.2 Å². The zero-order valence-electron chi connectivity index (χ0n) is 22.1. The molecule has 0 aliphatic carbocycles. The van der Waals surface area contributed by atoms with E-state index in [2.05, 4.69) is 9.97 Å². The van der Waals surface area contributed by atoms with E-state index in [1.807, 2.05) is 39.8 Å². The van der Waals surface area contributed by atoms with E-state index in [0.29, 0.717) is 48.3 Å². The molecule has 8 nitrogen and oxygen atoms in total. The first-order chi connectivity index (χ1) is 17.1. The molecule has 3 heterocycles. The van der Waals surface area contributed by atoms with Crippen LogP contribution in [0, 0.1) is 23.7 Å². The average Bonchev–Trinajstić information content (AvgIpc) is 3.51. The molecule has 0 spiro atoms. The molecule has 0 N–H and O–H groups in total. The summed E-state index contributed by atoms with van der Waals surface area (Å²) in [5.41, 5.74) is 1.12. The van der Waals surface area contributed by atoms with E-state index >= 15 is 0 Å². The van der Waals surface area contributed by atoms with E-state index in [9.17, 15) is 9.59 Å². The summed E-state index contributed by atoms with van der Waals surface area (Å²) in [5.74, 6) is 0.843. The van der Waals surface area contributed by atoms with E-state index in [-0.39, 0.29) is 47.8 Å². The summed E-state index contributed by atoms with van der Waals surface area (Å²) in [6.45, 7) is 11.8. The molecule has 6 atom stereocenters. The second kappa shape index (κ2) is 12.7. The van der Waals surface area contributed by atoms with Crippen molar-refractivity contribution < 1.29 is 27.9 Å². The van der Waals surface area contributed by atoms with E-state index in [1.165, 1.54) is 12.8 Å². The summed E-state index contributed by atoms with van der Waals surface area (Å²) < 4.78 is 22.8. The maximum absolute atomic E-state index is 13.0. The lowest BCUT2D eigenvalue weighted by Crippen LogP contribution is -2.30. The molecule has 0 saturated carbocycles. The summed E-state index contributed by atoms with van der Waals surface area (Å²) >= 11 is 0. The minimum Gasteiger partial charge on any atom is -0.458 e. The number of rotatable bonds is 4. The van der Waals surface area contributed by atoms with Gasteiger partial charge in [-0.15, -0.1) is 0 Å². The molecule has 0 aromatic carbocycles. The normalized spacial score (nSPS) is 32.1.